The Morgan fingerprint density at radius 3 is 2.76 bits per heavy atom. The molecule has 0 amide bonds. The van der Waals surface area contributed by atoms with Gasteiger partial charge in [0.2, 0.25) is 0 Å². The number of hydrazine groups is 1. The zero-order valence-corrected chi connectivity index (χ0v) is 10.6. The van der Waals surface area contributed by atoms with Crippen molar-refractivity contribution in [3.8, 4) is 0 Å². The van der Waals surface area contributed by atoms with Gasteiger partial charge in [0.25, 0.3) is 0 Å². The molecule has 2 unspecified atom stereocenters. The van der Waals surface area contributed by atoms with Crippen molar-refractivity contribution in [3.63, 3.8) is 0 Å². The lowest BCUT2D eigenvalue weighted by Gasteiger charge is -2.34. The highest BCUT2D eigenvalue weighted by Crippen LogP contribution is 2.23. The van der Waals surface area contributed by atoms with Gasteiger partial charge in [-0.2, -0.15) is 0 Å². The number of likely N-dealkylation sites (tertiary alicyclic amines) is 1. The average Bonchev–Trinajstić information content (AvgIpc) is 2.35. The summed E-state index contributed by atoms with van der Waals surface area (Å²) in [5.74, 6) is 7.46. The van der Waals surface area contributed by atoms with Crippen molar-refractivity contribution in [2.24, 2.45) is 17.7 Å². The Morgan fingerprint density at radius 2 is 2.18 bits per heavy atom. The first-order valence-electron chi connectivity index (χ1n) is 6.19. The first-order chi connectivity index (χ1) is 8.19. The molecule has 1 fully saturated rings. The van der Waals surface area contributed by atoms with Gasteiger partial charge in [-0.15, -0.1) is 0 Å². The summed E-state index contributed by atoms with van der Waals surface area (Å²) in [5, 5.41) is 0. The molecule has 1 aromatic rings. The Hall–Kier alpha value is -1.20. The summed E-state index contributed by atoms with van der Waals surface area (Å²) >= 11 is 0. The normalized spacial score (nSPS) is 25.8. The smallest absolute Gasteiger partial charge is 0.158 e. The molecule has 0 radical (unpaired) electrons. The number of aromatic nitrogens is 2. The molecule has 5 heteroatoms. The quantitative estimate of drug-likeness (QED) is 0.609. The summed E-state index contributed by atoms with van der Waals surface area (Å²) in [5.41, 5.74) is 3.49. The third-order valence-corrected chi connectivity index (χ3v) is 3.66. The number of hydrogen-bond acceptors (Lipinski definition) is 5. The van der Waals surface area contributed by atoms with Crippen molar-refractivity contribution in [2.45, 2.75) is 26.8 Å². The molecule has 2 atom stereocenters. The number of nitrogen functional groups attached to an aromatic ring is 1. The highest BCUT2D eigenvalue weighted by Gasteiger charge is 2.22. The van der Waals surface area contributed by atoms with Crippen LogP contribution in [0.15, 0.2) is 12.4 Å². The number of rotatable bonds is 3. The standard InChI is InChI=1S/C12H21N5/c1-9-3-4-17(7-10(9)2)8-11-5-15-12(16-13)6-14-11/h5-6,9-10H,3-4,7-8,13H2,1-2H3,(H,15,16). The van der Waals surface area contributed by atoms with Crippen molar-refractivity contribution >= 4 is 5.82 Å². The van der Waals surface area contributed by atoms with Gasteiger partial charge in [0, 0.05) is 13.1 Å². The van der Waals surface area contributed by atoms with Gasteiger partial charge in [0.15, 0.2) is 5.82 Å². The molecule has 94 valence electrons. The maximum atomic E-state index is 5.25. The second-order valence-electron chi connectivity index (χ2n) is 5.02. The van der Waals surface area contributed by atoms with Gasteiger partial charge in [-0.25, -0.2) is 10.8 Å². The first-order valence-corrected chi connectivity index (χ1v) is 6.19. The van der Waals surface area contributed by atoms with Crippen LogP contribution in [0.4, 0.5) is 5.82 Å². The first kappa shape index (κ1) is 12.3. The molecule has 2 rings (SSSR count). The van der Waals surface area contributed by atoms with E-state index in [0.717, 1.165) is 37.2 Å². The van der Waals surface area contributed by atoms with Gasteiger partial charge in [-0.05, 0) is 24.8 Å². The molecular formula is C12H21N5. The number of hydrogen-bond donors (Lipinski definition) is 2. The molecule has 1 aromatic heterocycles. The molecule has 1 aliphatic rings. The summed E-state index contributed by atoms with van der Waals surface area (Å²) in [6.45, 7) is 7.85. The van der Waals surface area contributed by atoms with Crippen molar-refractivity contribution in [2.75, 3.05) is 18.5 Å². The van der Waals surface area contributed by atoms with E-state index in [4.69, 9.17) is 5.84 Å². The van der Waals surface area contributed by atoms with Crippen LogP contribution in [0.2, 0.25) is 0 Å². The molecular weight excluding hydrogens is 214 g/mol. The lowest BCUT2D eigenvalue weighted by atomic mass is 9.89. The fourth-order valence-electron chi connectivity index (χ4n) is 2.23. The third-order valence-electron chi connectivity index (χ3n) is 3.66. The van der Waals surface area contributed by atoms with Gasteiger partial charge < -0.3 is 5.43 Å². The van der Waals surface area contributed by atoms with Crippen LogP contribution in [-0.4, -0.2) is 28.0 Å². The summed E-state index contributed by atoms with van der Waals surface area (Å²) in [7, 11) is 0. The Balaban J connectivity index is 1.92. The molecule has 0 spiro atoms. The molecule has 1 saturated heterocycles. The van der Waals surface area contributed by atoms with Crippen LogP contribution in [0.5, 0.6) is 0 Å². The molecule has 5 nitrogen and oxygen atoms in total. The molecule has 0 bridgehead atoms. The third kappa shape index (κ3) is 3.14. The van der Waals surface area contributed by atoms with Crippen LogP contribution in [0, 0.1) is 11.8 Å². The molecule has 0 aliphatic carbocycles. The largest absolute Gasteiger partial charge is 0.307 e. The fourth-order valence-corrected chi connectivity index (χ4v) is 2.23. The van der Waals surface area contributed by atoms with Crippen molar-refractivity contribution < 1.29 is 0 Å². The van der Waals surface area contributed by atoms with E-state index in [0.29, 0.717) is 5.82 Å². The minimum atomic E-state index is 0.606. The van der Waals surface area contributed by atoms with E-state index in [2.05, 4.69) is 34.1 Å². The maximum Gasteiger partial charge on any atom is 0.158 e. The zero-order chi connectivity index (χ0) is 12.3. The van der Waals surface area contributed by atoms with E-state index in [1.54, 1.807) is 12.4 Å². The van der Waals surface area contributed by atoms with E-state index in [-0.39, 0.29) is 0 Å². The Bertz CT molecular complexity index is 350. The zero-order valence-electron chi connectivity index (χ0n) is 10.6. The fraction of sp³-hybridized carbons (Fsp3) is 0.667. The van der Waals surface area contributed by atoms with Crippen molar-refractivity contribution in [1.82, 2.24) is 14.9 Å². The van der Waals surface area contributed by atoms with Crippen molar-refractivity contribution in [1.29, 1.82) is 0 Å². The highest BCUT2D eigenvalue weighted by molar-refractivity contribution is 5.28. The Morgan fingerprint density at radius 1 is 1.35 bits per heavy atom. The SMILES string of the molecule is CC1CCN(Cc2cnc(NN)cn2)CC1C. The maximum absolute atomic E-state index is 5.25. The Labute approximate surface area is 102 Å². The van der Waals surface area contributed by atoms with E-state index < -0.39 is 0 Å². The number of piperidine rings is 1. The molecule has 0 aromatic carbocycles. The molecule has 1 aliphatic heterocycles. The summed E-state index contributed by atoms with van der Waals surface area (Å²) in [6, 6.07) is 0. The topological polar surface area (TPSA) is 67.1 Å². The van der Waals surface area contributed by atoms with E-state index in [9.17, 15) is 0 Å². The van der Waals surface area contributed by atoms with Crippen LogP contribution < -0.4 is 11.3 Å². The number of nitrogens with one attached hydrogen (secondary N) is 1. The minimum absolute atomic E-state index is 0.606. The van der Waals surface area contributed by atoms with Crippen LogP contribution in [0.25, 0.3) is 0 Å². The van der Waals surface area contributed by atoms with Crippen LogP contribution in [0.1, 0.15) is 26.0 Å². The lowest BCUT2D eigenvalue weighted by molar-refractivity contribution is 0.131. The van der Waals surface area contributed by atoms with Gasteiger partial charge in [0.05, 0.1) is 18.1 Å². The van der Waals surface area contributed by atoms with Crippen LogP contribution in [-0.2, 0) is 6.54 Å². The van der Waals surface area contributed by atoms with Gasteiger partial charge in [-0.1, -0.05) is 13.8 Å². The molecule has 0 saturated carbocycles. The predicted octanol–water partition coefficient (Wildman–Crippen LogP) is 1.24. The summed E-state index contributed by atoms with van der Waals surface area (Å²) in [4.78, 5) is 11.0. The van der Waals surface area contributed by atoms with E-state index in [1.807, 2.05) is 0 Å². The lowest BCUT2D eigenvalue weighted by Crippen LogP contribution is -2.38. The van der Waals surface area contributed by atoms with E-state index >= 15 is 0 Å². The van der Waals surface area contributed by atoms with Crippen LogP contribution in [0.3, 0.4) is 0 Å². The monoisotopic (exact) mass is 235 g/mol. The second-order valence-corrected chi connectivity index (χ2v) is 5.02. The number of nitrogens with zero attached hydrogens (tertiary/aromatic N) is 3. The second kappa shape index (κ2) is 5.42. The average molecular weight is 235 g/mol. The van der Waals surface area contributed by atoms with E-state index in [1.165, 1.54) is 6.42 Å². The van der Waals surface area contributed by atoms with Gasteiger partial charge >= 0.3 is 0 Å². The van der Waals surface area contributed by atoms with Crippen molar-refractivity contribution in [3.05, 3.63) is 18.1 Å². The summed E-state index contributed by atoms with van der Waals surface area (Å²) in [6.07, 6.45) is 4.74. The van der Waals surface area contributed by atoms with Gasteiger partial charge in [0.1, 0.15) is 0 Å². The molecule has 2 heterocycles. The number of anilines is 1. The molecule has 3 N–H and O–H groups in total. The molecule has 17 heavy (non-hydrogen) atoms. The predicted molar refractivity (Wildman–Crippen MR) is 68.1 cm³/mol. The minimum Gasteiger partial charge on any atom is -0.307 e. The highest BCUT2D eigenvalue weighted by atomic mass is 15.3. The summed E-state index contributed by atoms with van der Waals surface area (Å²) < 4.78 is 0. The van der Waals surface area contributed by atoms with Crippen LogP contribution >= 0.6 is 0 Å². The Kier molecular flexibility index (Phi) is 3.91. The number of nitrogens with two attached hydrogens (primary N) is 1. The van der Waals surface area contributed by atoms with Gasteiger partial charge in [-0.3, -0.25) is 9.88 Å².